The molecule has 0 amide bonds. The second-order valence-electron chi connectivity index (χ2n) is 3.87. The van der Waals surface area contributed by atoms with Crippen LogP contribution in [-0.2, 0) is 12.8 Å². The summed E-state index contributed by atoms with van der Waals surface area (Å²) in [7, 11) is 1.62. The van der Waals surface area contributed by atoms with Gasteiger partial charge in [0.05, 0.1) is 5.71 Å². The molecule has 1 atom stereocenters. The molecule has 0 heterocycles. The monoisotopic (exact) mass is 232 g/mol. The Morgan fingerprint density at radius 1 is 1.47 bits per heavy atom. The second kappa shape index (κ2) is 6.99. The average Bonchev–Trinajstić information content (AvgIpc) is 2.34. The molecule has 17 heavy (non-hydrogen) atoms. The van der Waals surface area contributed by atoms with E-state index in [0.29, 0.717) is 5.71 Å². The summed E-state index contributed by atoms with van der Waals surface area (Å²) >= 11 is 0. The van der Waals surface area contributed by atoms with Crippen molar-refractivity contribution in [3.05, 3.63) is 47.5 Å². The van der Waals surface area contributed by atoms with Gasteiger partial charge in [-0.1, -0.05) is 37.3 Å². The highest BCUT2D eigenvalue weighted by Crippen LogP contribution is 2.07. The number of aliphatic imine (C=N–C) groups is 1. The molecule has 0 saturated carbocycles. The van der Waals surface area contributed by atoms with Crippen molar-refractivity contribution in [2.24, 2.45) is 10.7 Å². The molecule has 3 nitrogen and oxygen atoms in total. The molecule has 1 unspecified atom stereocenters. The molecule has 0 aliphatic heterocycles. The van der Waals surface area contributed by atoms with Crippen molar-refractivity contribution in [1.82, 2.24) is 0 Å². The Balaban J connectivity index is 2.63. The fourth-order valence-corrected chi connectivity index (χ4v) is 1.60. The summed E-state index contributed by atoms with van der Waals surface area (Å²) in [5, 5.41) is 9.19. The lowest BCUT2D eigenvalue weighted by Crippen LogP contribution is -2.28. The SMILES string of the molecule is CCc1cccc(C/C=C\C(=NC)C(N)O)c1. The first-order chi connectivity index (χ1) is 8.17. The number of rotatable bonds is 5. The zero-order valence-electron chi connectivity index (χ0n) is 10.4. The van der Waals surface area contributed by atoms with Crippen LogP contribution in [0.1, 0.15) is 18.1 Å². The van der Waals surface area contributed by atoms with Crippen molar-refractivity contribution < 1.29 is 5.11 Å². The summed E-state index contributed by atoms with van der Waals surface area (Å²) in [5.74, 6) is 0. The third kappa shape index (κ3) is 4.51. The van der Waals surface area contributed by atoms with E-state index in [1.165, 1.54) is 11.1 Å². The van der Waals surface area contributed by atoms with E-state index in [0.717, 1.165) is 12.8 Å². The molecule has 1 rings (SSSR count). The van der Waals surface area contributed by atoms with E-state index in [1.54, 1.807) is 13.1 Å². The maximum absolute atomic E-state index is 9.19. The number of aliphatic hydroxyl groups excluding tert-OH is 1. The first-order valence-electron chi connectivity index (χ1n) is 5.82. The van der Waals surface area contributed by atoms with Crippen LogP contribution in [0.2, 0.25) is 0 Å². The molecule has 0 radical (unpaired) electrons. The van der Waals surface area contributed by atoms with Gasteiger partial charge in [0.25, 0.3) is 0 Å². The molecule has 0 spiro atoms. The van der Waals surface area contributed by atoms with Gasteiger partial charge in [-0.3, -0.25) is 4.99 Å². The molecule has 0 fully saturated rings. The van der Waals surface area contributed by atoms with Crippen molar-refractivity contribution in [1.29, 1.82) is 0 Å². The van der Waals surface area contributed by atoms with Crippen LogP contribution in [0.5, 0.6) is 0 Å². The number of aliphatic hydroxyl groups is 1. The summed E-state index contributed by atoms with van der Waals surface area (Å²) < 4.78 is 0. The Kier molecular flexibility index (Phi) is 5.60. The molecule has 1 aromatic carbocycles. The first-order valence-corrected chi connectivity index (χ1v) is 5.82. The van der Waals surface area contributed by atoms with Crippen LogP contribution < -0.4 is 5.73 Å². The summed E-state index contributed by atoms with van der Waals surface area (Å²) in [6.45, 7) is 2.14. The van der Waals surface area contributed by atoms with Gasteiger partial charge in [-0.05, 0) is 30.0 Å². The highest BCUT2D eigenvalue weighted by molar-refractivity contribution is 5.97. The maximum atomic E-state index is 9.19. The third-order valence-corrected chi connectivity index (χ3v) is 2.60. The highest BCUT2D eigenvalue weighted by Gasteiger charge is 2.00. The fraction of sp³-hybridized carbons (Fsp3) is 0.357. The van der Waals surface area contributed by atoms with E-state index in [-0.39, 0.29) is 0 Å². The number of hydrogen-bond donors (Lipinski definition) is 2. The number of nitrogens with zero attached hydrogens (tertiary/aromatic N) is 1. The molecule has 0 aromatic heterocycles. The Morgan fingerprint density at radius 3 is 2.76 bits per heavy atom. The van der Waals surface area contributed by atoms with Crippen LogP contribution in [-0.4, -0.2) is 24.1 Å². The van der Waals surface area contributed by atoms with E-state index in [9.17, 15) is 5.11 Å². The number of benzene rings is 1. The van der Waals surface area contributed by atoms with E-state index < -0.39 is 6.23 Å². The number of nitrogens with two attached hydrogens (primary N) is 1. The van der Waals surface area contributed by atoms with Gasteiger partial charge in [0.1, 0.15) is 6.23 Å². The standard InChI is InChI=1S/C14H20N2O/c1-3-11-6-4-7-12(10-11)8-5-9-13(16-2)14(15)17/h4-7,9-10,14,17H,3,8,15H2,1-2H3/b9-5-,16-13?. The van der Waals surface area contributed by atoms with Crippen LogP contribution >= 0.6 is 0 Å². The molecular weight excluding hydrogens is 212 g/mol. The quantitative estimate of drug-likeness (QED) is 0.599. The van der Waals surface area contributed by atoms with Crippen molar-refractivity contribution in [3.63, 3.8) is 0 Å². The number of aryl methyl sites for hydroxylation is 1. The summed E-state index contributed by atoms with van der Waals surface area (Å²) in [5.41, 5.74) is 8.43. The van der Waals surface area contributed by atoms with E-state index in [2.05, 4.69) is 36.2 Å². The van der Waals surface area contributed by atoms with Crippen LogP contribution in [0.15, 0.2) is 41.4 Å². The van der Waals surface area contributed by atoms with E-state index in [1.807, 2.05) is 6.08 Å². The predicted molar refractivity (Wildman–Crippen MR) is 72.2 cm³/mol. The van der Waals surface area contributed by atoms with Gasteiger partial charge in [0.2, 0.25) is 0 Å². The Hall–Kier alpha value is -1.45. The van der Waals surface area contributed by atoms with Gasteiger partial charge in [-0.15, -0.1) is 0 Å². The van der Waals surface area contributed by atoms with Crippen molar-refractivity contribution in [2.45, 2.75) is 26.0 Å². The van der Waals surface area contributed by atoms with Crippen LogP contribution in [0, 0.1) is 0 Å². The van der Waals surface area contributed by atoms with Crippen molar-refractivity contribution in [3.8, 4) is 0 Å². The van der Waals surface area contributed by atoms with Crippen molar-refractivity contribution >= 4 is 5.71 Å². The third-order valence-electron chi connectivity index (χ3n) is 2.60. The van der Waals surface area contributed by atoms with E-state index >= 15 is 0 Å². The minimum absolute atomic E-state index is 0.497. The predicted octanol–water partition coefficient (Wildman–Crippen LogP) is 1.70. The minimum Gasteiger partial charge on any atom is -0.373 e. The Bertz CT molecular complexity index is 408. The van der Waals surface area contributed by atoms with Gasteiger partial charge in [0.15, 0.2) is 0 Å². The normalized spacial score (nSPS) is 14.2. The van der Waals surface area contributed by atoms with Crippen molar-refractivity contribution in [2.75, 3.05) is 7.05 Å². The lowest BCUT2D eigenvalue weighted by Gasteiger charge is -2.03. The maximum Gasteiger partial charge on any atom is 0.145 e. The Labute approximate surface area is 103 Å². The van der Waals surface area contributed by atoms with Gasteiger partial charge in [-0.2, -0.15) is 0 Å². The van der Waals surface area contributed by atoms with Crippen LogP contribution in [0.4, 0.5) is 0 Å². The molecule has 0 aliphatic rings. The largest absolute Gasteiger partial charge is 0.373 e. The van der Waals surface area contributed by atoms with Crippen LogP contribution in [0.25, 0.3) is 0 Å². The molecule has 0 bridgehead atoms. The number of hydrogen-bond acceptors (Lipinski definition) is 3. The summed E-state index contributed by atoms with van der Waals surface area (Å²) in [6.07, 6.45) is 4.59. The second-order valence-corrected chi connectivity index (χ2v) is 3.87. The summed E-state index contributed by atoms with van der Waals surface area (Å²) in [6, 6.07) is 8.46. The van der Waals surface area contributed by atoms with Gasteiger partial charge in [0, 0.05) is 7.05 Å². The molecular formula is C14H20N2O. The average molecular weight is 232 g/mol. The zero-order chi connectivity index (χ0) is 12.7. The molecule has 92 valence electrons. The molecule has 0 saturated heterocycles. The zero-order valence-corrected chi connectivity index (χ0v) is 10.4. The molecule has 3 heteroatoms. The minimum atomic E-state index is -1.00. The topological polar surface area (TPSA) is 58.6 Å². The van der Waals surface area contributed by atoms with Gasteiger partial charge >= 0.3 is 0 Å². The van der Waals surface area contributed by atoms with Gasteiger partial charge in [-0.25, -0.2) is 0 Å². The number of allylic oxidation sites excluding steroid dienone is 1. The summed E-state index contributed by atoms with van der Waals surface area (Å²) in [4.78, 5) is 3.91. The smallest absolute Gasteiger partial charge is 0.145 e. The fourth-order valence-electron chi connectivity index (χ4n) is 1.60. The van der Waals surface area contributed by atoms with E-state index in [4.69, 9.17) is 5.73 Å². The molecule has 3 N–H and O–H groups in total. The highest BCUT2D eigenvalue weighted by atomic mass is 16.3. The van der Waals surface area contributed by atoms with Crippen LogP contribution in [0.3, 0.4) is 0 Å². The lowest BCUT2D eigenvalue weighted by molar-refractivity contribution is 0.251. The lowest BCUT2D eigenvalue weighted by atomic mass is 10.1. The first kappa shape index (κ1) is 13.6. The molecule has 0 aliphatic carbocycles. The molecule has 1 aromatic rings. The van der Waals surface area contributed by atoms with Gasteiger partial charge < -0.3 is 10.8 Å². The Morgan fingerprint density at radius 2 is 2.18 bits per heavy atom.